The number of carbonyl (C=O) groups is 2. The second kappa shape index (κ2) is 5.90. The van der Waals surface area contributed by atoms with Crippen molar-refractivity contribution in [3.05, 3.63) is 29.8 Å². The largest absolute Gasteiger partial charge is 0.465 e. The lowest BCUT2D eigenvalue weighted by Gasteiger charge is -2.15. The summed E-state index contributed by atoms with van der Waals surface area (Å²) in [5.74, 6) is 0. The molecule has 0 atom stereocenters. The lowest BCUT2D eigenvalue weighted by Crippen LogP contribution is -2.27. The number of carbonyl (C=O) groups excluding carboxylic acids is 1. The first-order valence-electron chi connectivity index (χ1n) is 5.41. The van der Waals surface area contributed by atoms with Gasteiger partial charge in [-0.05, 0) is 17.7 Å². The molecular formula is C12H17N3O3. The van der Waals surface area contributed by atoms with Crippen LogP contribution in [0.1, 0.15) is 5.56 Å². The number of amides is 3. The van der Waals surface area contributed by atoms with E-state index in [2.05, 4.69) is 5.32 Å². The molecule has 2 N–H and O–H groups in total. The smallest absolute Gasteiger partial charge is 0.407 e. The van der Waals surface area contributed by atoms with Gasteiger partial charge >= 0.3 is 12.1 Å². The fourth-order valence-electron chi connectivity index (χ4n) is 1.32. The van der Waals surface area contributed by atoms with E-state index in [1.807, 2.05) is 6.07 Å². The minimum atomic E-state index is -0.988. The van der Waals surface area contributed by atoms with Crippen LogP contribution in [0.3, 0.4) is 0 Å². The Morgan fingerprint density at radius 2 is 1.94 bits per heavy atom. The fourth-order valence-corrected chi connectivity index (χ4v) is 1.32. The maximum atomic E-state index is 11.5. The first kappa shape index (κ1) is 13.8. The summed E-state index contributed by atoms with van der Waals surface area (Å²) in [6.07, 6.45) is -0.988. The minimum absolute atomic E-state index is 0.223. The number of rotatable bonds is 3. The lowest BCUT2D eigenvalue weighted by atomic mass is 10.2. The van der Waals surface area contributed by atoms with Crippen LogP contribution in [-0.2, 0) is 6.54 Å². The Bertz CT molecular complexity index is 446. The monoisotopic (exact) mass is 251 g/mol. The minimum Gasteiger partial charge on any atom is -0.465 e. The molecule has 0 spiro atoms. The molecule has 1 rings (SSSR count). The highest BCUT2D eigenvalue weighted by Crippen LogP contribution is 2.12. The van der Waals surface area contributed by atoms with Crippen LogP contribution in [0, 0.1) is 0 Å². The molecule has 0 aliphatic heterocycles. The van der Waals surface area contributed by atoms with E-state index in [0.29, 0.717) is 5.69 Å². The van der Waals surface area contributed by atoms with E-state index in [4.69, 9.17) is 5.11 Å². The molecule has 1 aromatic rings. The van der Waals surface area contributed by atoms with Crippen LogP contribution in [-0.4, -0.2) is 48.2 Å². The third kappa shape index (κ3) is 3.97. The van der Waals surface area contributed by atoms with Crippen molar-refractivity contribution in [1.29, 1.82) is 0 Å². The number of nitrogens with one attached hydrogen (secondary N) is 1. The molecule has 0 saturated heterocycles. The second-order valence-electron chi connectivity index (χ2n) is 4.16. The van der Waals surface area contributed by atoms with Crippen LogP contribution in [0.4, 0.5) is 15.3 Å². The SMILES string of the molecule is CN(C)C(=O)Nc1cccc(CN(C)C(=O)O)c1. The Labute approximate surface area is 106 Å². The third-order valence-corrected chi connectivity index (χ3v) is 2.33. The van der Waals surface area contributed by atoms with Crippen LogP contribution < -0.4 is 5.32 Å². The maximum absolute atomic E-state index is 11.5. The summed E-state index contributed by atoms with van der Waals surface area (Å²) in [6, 6.07) is 6.87. The van der Waals surface area contributed by atoms with Gasteiger partial charge < -0.3 is 20.2 Å². The normalized spacial score (nSPS) is 9.72. The highest BCUT2D eigenvalue weighted by atomic mass is 16.4. The van der Waals surface area contributed by atoms with Crippen molar-refractivity contribution in [3.63, 3.8) is 0 Å². The molecule has 0 unspecified atom stereocenters. The van der Waals surface area contributed by atoms with Crippen molar-refractivity contribution in [2.24, 2.45) is 0 Å². The molecule has 0 fully saturated rings. The van der Waals surface area contributed by atoms with E-state index in [9.17, 15) is 9.59 Å². The molecule has 1 aromatic carbocycles. The molecule has 0 aromatic heterocycles. The maximum Gasteiger partial charge on any atom is 0.407 e. The van der Waals surface area contributed by atoms with Crippen molar-refractivity contribution in [2.75, 3.05) is 26.5 Å². The topological polar surface area (TPSA) is 72.9 Å². The average molecular weight is 251 g/mol. The number of hydrogen-bond acceptors (Lipinski definition) is 2. The Hall–Kier alpha value is -2.24. The van der Waals surface area contributed by atoms with Crippen LogP contribution >= 0.6 is 0 Å². The van der Waals surface area contributed by atoms with Crippen molar-refractivity contribution in [3.8, 4) is 0 Å². The van der Waals surface area contributed by atoms with Gasteiger partial charge in [-0.25, -0.2) is 9.59 Å². The Morgan fingerprint density at radius 3 is 2.50 bits per heavy atom. The van der Waals surface area contributed by atoms with E-state index in [0.717, 1.165) is 5.56 Å². The number of nitrogens with zero attached hydrogens (tertiary/aromatic N) is 2. The third-order valence-electron chi connectivity index (χ3n) is 2.33. The van der Waals surface area contributed by atoms with Crippen LogP contribution in [0.5, 0.6) is 0 Å². The Kier molecular flexibility index (Phi) is 4.53. The van der Waals surface area contributed by atoms with Gasteiger partial charge in [0.15, 0.2) is 0 Å². The van der Waals surface area contributed by atoms with Gasteiger partial charge in [0, 0.05) is 33.4 Å². The van der Waals surface area contributed by atoms with Gasteiger partial charge in [0.1, 0.15) is 0 Å². The molecule has 6 heteroatoms. The molecular weight excluding hydrogens is 234 g/mol. The van der Waals surface area contributed by atoms with Gasteiger partial charge in [-0.15, -0.1) is 0 Å². The molecule has 6 nitrogen and oxygen atoms in total. The van der Waals surface area contributed by atoms with Crippen LogP contribution in [0.25, 0.3) is 0 Å². The summed E-state index contributed by atoms with van der Waals surface area (Å²) in [7, 11) is 4.79. The van der Waals surface area contributed by atoms with Crippen molar-refractivity contribution >= 4 is 17.8 Å². The number of benzene rings is 1. The number of anilines is 1. The summed E-state index contributed by atoms with van der Waals surface area (Å²) in [6.45, 7) is 0.279. The van der Waals surface area contributed by atoms with Gasteiger partial charge in [-0.2, -0.15) is 0 Å². The molecule has 0 heterocycles. The highest BCUT2D eigenvalue weighted by molar-refractivity contribution is 5.88. The molecule has 0 bridgehead atoms. The standard InChI is InChI=1S/C12H17N3O3/c1-14(2)11(16)13-10-6-4-5-9(7-10)8-15(3)12(17)18/h4-7H,8H2,1-3H3,(H,13,16)(H,17,18). The lowest BCUT2D eigenvalue weighted by molar-refractivity contribution is 0.153. The number of carboxylic acid groups (broad SMARTS) is 1. The fraction of sp³-hybridized carbons (Fsp3) is 0.333. The van der Waals surface area contributed by atoms with Gasteiger partial charge in [0.05, 0.1) is 0 Å². The predicted octanol–water partition coefficient (Wildman–Crippen LogP) is 1.89. The van der Waals surface area contributed by atoms with Gasteiger partial charge in [-0.1, -0.05) is 12.1 Å². The number of hydrogen-bond donors (Lipinski definition) is 2. The van der Waals surface area contributed by atoms with E-state index in [-0.39, 0.29) is 12.6 Å². The first-order chi connectivity index (χ1) is 8.40. The molecule has 98 valence electrons. The average Bonchev–Trinajstić information content (AvgIpc) is 2.29. The first-order valence-corrected chi connectivity index (χ1v) is 5.41. The quantitative estimate of drug-likeness (QED) is 0.861. The van der Waals surface area contributed by atoms with Gasteiger partial charge in [0.2, 0.25) is 0 Å². The zero-order chi connectivity index (χ0) is 13.7. The molecule has 18 heavy (non-hydrogen) atoms. The molecule has 0 saturated carbocycles. The van der Waals surface area contributed by atoms with Crippen LogP contribution in [0.15, 0.2) is 24.3 Å². The van der Waals surface area contributed by atoms with E-state index in [1.165, 1.54) is 16.8 Å². The highest BCUT2D eigenvalue weighted by Gasteiger charge is 2.08. The van der Waals surface area contributed by atoms with Crippen molar-refractivity contribution in [2.45, 2.75) is 6.54 Å². The molecule has 0 aliphatic rings. The summed E-state index contributed by atoms with van der Waals surface area (Å²) < 4.78 is 0. The number of urea groups is 1. The molecule has 3 amide bonds. The summed E-state index contributed by atoms with van der Waals surface area (Å²) in [5, 5.41) is 11.5. The molecule has 0 aliphatic carbocycles. The van der Waals surface area contributed by atoms with E-state index < -0.39 is 6.09 Å². The summed E-state index contributed by atoms with van der Waals surface area (Å²) >= 11 is 0. The van der Waals surface area contributed by atoms with E-state index in [1.54, 1.807) is 32.3 Å². The molecule has 0 radical (unpaired) electrons. The predicted molar refractivity (Wildman–Crippen MR) is 68.6 cm³/mol. The van der Waals surface area contributed by atoms with Crippen LogP contribution in [0.2, 0.25) is 0 Å². The Morgan fingerprint density at radius 1 is 1.28 bits per heavy atom. The summed E-state index contributed by atoms with van der Waals surface area (Å²) in [5.41, 5.74) is 1.46. The van der Waals surface area contributed by atoms with Crippen molar-refractivity contribution < 1.29 is 14.7 Å². The van der Waals surface area contributed by atoms with Gasteiger partial charge in [-0.3, -0.25) is 0 Å². The van der Waals surface area contributed by atoms with Crippen molar-refractivity contribution in [1.82, 2.24) is 9.80 Å². The zero-order valence-electron chi connectivity index (χ0n) is 10.7. The summed E-state index contributed by atoms with van der Waals surface area (Å²) in [4.78, 5) is 24.8. The zero-order valence-corrected chi connectivity index (χ0v) is 10.7. The van der Waals surface area contributed by atoms with Gasteiger partial charge in [0.25, 0.3) is 0 Å². The Balaban J connectivity index is 2.73. The van der Waals surface area contributed by atoms with E-state index >= 15 is 0 Å². The second-order valence-corrected chi connectivity index (χ2v) is 4.16.